The van der Waals surface area contributed by atoms with E-state index in [2.05, 4.69) is 18.8 Å². The summed E-state index contributed by atoms with van der Waals surface area (Å²) in [6, 6.07) is 0. The Balaban J connectivity index is 2.19. The van der Waals surface area contributed by atoms with Crippen LogP contribution in [0.15, 0.2) is 12.2 Å². The van der Waals surface area contributed by atoms with Gasteiger partial charge in [-0.15, -0.1) is 0 Å². The van der Waals surface area contributed by atoms with Crippen LogP contribution in [0.4, 0.5) is 0 Å². The highest BCUT2D eigenvalue weighted by Crippen LogP contribution is 1.76. The molecule has 0 saturated carbocycles. The number of hydrogen-bond acceptors (Lipinski definition) is 0. The van der Waals surface area contributed by atoms with E-state index in [0.29, 0.717) is 0 Å². The summed E-state index contributed by atoms with van der Waals surface area (Å²) in [5, 5.41) is 2.39. The van der Waals surface area contributed by atoms with Crippen molar-refractivity contribution >= 4 is 0 Å². The maximum Gasteiger partial charge on any atom is 0.127 e. The van der Waals surface area contributed by atoms with Crippen LogP contribution in [0.1, 0.15) is 6.92 Å². The van der Waals surface area contributed by atoms with Gasteiger partial charge in [-0.25, -0.2) is 0 Å². The van der Waals surface area contributed by atoms with E-state index < -0.39 is 0 Å². The Labute approximate surface area is 62.9 Å². The number of piperazine rings is 1. The van der Waals surface area contributed by atoms with Crippen molar-refractivity contribution in [3.63, 3.8) is 0 Å². The lowest BCUT2D eigenvalue weighted by Crippen LogP contribution is -3.20. The van der Waals surface area contributed by atoms with E-state index in [1.165, 1.54) is 38.3 Å². The van der Waals surface area contributed by atoms with Crippen LogP contribution in [-0.2, 0) is 0 Å². The van der Waals surface area contributed by atoms with Crippen molar-refractivity contribution < 1.29 is 10.2 Å². The summed E-state index contributed by atoms with van der Waals surface area (Å²) in [7, 11) is 0. The molecule has 0 radical (unpaired) electrons. The van der Waals surface area contributed by atoms with Crippen LogP contribution < -0.4 is 10.2 Å². The molecule has 0 atom stereocenters. The first-order chi connectivity index (χ1) is 4.79. The predicted molar refractivity (Wildman–Crippen MR) is 42.0 cm³/mol. The molecular formula is C8H18N2+2. The third-order valence-electron chi connectivity index (χ3n) is 1.96. The topological polar surface area (TPSA) is 21.1 Å². The molecule has 0 amide bonds. The smallest absolute Gasteiger partial charge is 0.127 e. The second kappa shape index (κ2) is 3.74. The quantitative estimate of drug-likeness (QED) is 0.417. The van der Waals surface area contributed by atoms with E-state index >= 15 is 0 Å². The molecule has 58 valence electrons. The number of hydrogen-bond donors (Lipinski definition) is 2. The molecule has 0 aromatic carbocycles. The SMILES string of the molecule is C=C(C)C[NH+]1CC[NH2+]CC1. The first-order valence-corrected chi connectivity index (χ1v) is 4.08. The number of quaternary nitrogens is 2. The van der Waals surface area contributed by atoms with E-state index in [0.717, 1.165) is 0 Å². The molecule has 0 spiro atoms. The highest BCUT2D eigenvalue weighted by atomic mass is 15.2. The predicted octanol–water partition coefficient (Wildman–Crippen LogP) is -1.98. The van der Waals surface area contributed by atoms with Gasteiger partial charge in [-0.2, -0.15) is 0 Å². The first kappa shape index (κ1) is 7.76. The van der Waals surface area contributed by atoms with Crippen LogP contribution in [0.3, 0.4) is 0 Å². The second-order valence-electron chi connectivity index (χ2n) is 3.25. The molecule has 2 nitrogen and oxygen atoms in total. The monoisotopic (exact) mass is 142 g/mol. The minimum Gasteiger partial charge on any atom is -0.337 e. The van der Waals surface area contributed by atoms with Gasteiger partial charge in [0.1, 0.15) is 26.2 Å². The maximum absolute atomic E-state index is 3.92. The summed E-state index contributed by atoms with van der Waals surface area (Å²) < 4.78 is 0. The second-order valence-corrected chi connectivity index (χ2v) is 3.25. The summed E-state index contributed by atoms with van der Waals surface area (Å²) in [5.41, 5.74) is 1.32. The summed E-state index contributed by atoms with van der Waals surface area (Å²) in [5.74, 6) is 0. The molecule has 3 N–H and O–H groups in total. The molecule has 0 aromatic heterocycles. The molecule has 0 unspecified atom stereocenters. The lowest BCUT2D eigenvalue weighted by Gasteiger charge is -2.21. The largest absolute Gasteiger partial charge is 0.337 e. The van der Waals surface area contributed by atoms with Crippen molar-refractivity contribution in [2.24, 2.45) is 0 Å². The zero-order valence-corrected chi connectivity index (χ0v) is 6.82. The summed E-state index contributed by atoms with van der Waals surface area (Å²) in [6.07, 6.45) is 0. The zero-order chi connectivity index (χ0) is 7.40. The molecule has 10 heavy (non-hydrogen) atoms. The third kappa shape index (κ3) is 2.50. The number of nitrogens with two attached hydrogens (primary N) is 1. The lowest BCUT2D eigenvalue weighted by atomic mass is 10.3. The number of rotatable bonds is 2. The number of nitrogens with one attached hydrogen (secondary N) is 1. The van der Waals surface area contributed by atoms with Gasteiger partial charge in [0, 0.05) is 0 Å². The van der Waals surface area contributed by atoms with Crippen LogP contribution in [0.2, 0.25) is 0 Å². The van der Waals surface area contributed by atoms with Crippen LogP contribution in [0, 0.1) is 0 Å². The van der Waals surface area contributed by atoms with Crippen molar-refractivity contribution in [3.8, 4) is 0 Å². The van der Waals surface area contributed by atoms with Gasteiger partial charge < -0.3 is 10.2 Å². The molecule has 1 fully saturated rings. The highest BCUT2D eigenvalue weighted by Gasteiger charge is 2.14. The van der Waals surface area contributed by atoms with Crippen LogP contribution in [-0.4, -0.2) is 32.7 Å². The fourth-order valence-electron chi connectivity index (χ4n) is 1.49. The van der Waals surface area contributed by atoms with Crippen molar-refractivity contribution in [1.29, 1.82) is 0 Å². The third-order valence-corrected chi connectivity index (χ3v) is 1.96. The van der Waals surface area contributed by atoms with Gasteiger partial charge in [0.25, 0.3) is 0 Å². The van der Waals surface area contributed by atoms with E-state index in [1.807, 2.05) is 0 Å². The molecule has 0 bridgehead atoms. The minimum absolute atomic E-state index is 1.17. The van der Waals surface area contributed by atoms with Gasteiger partial charge in [-0.1, -0.05) is 6.58 Å². The average molecular weight is 142 g/mol. The fourth-order valence-corrected chi connectivity index (χ4v) is 1.49. The summed E-state index contributed by atoms with van der Waals surface area (Å²) >= 11 is 0. The maximum atomic E-state index is 3.92. The molecule has 0 aliphatic carbocycles. The Kier molecular flexibility index (Phi) is 2.90. The van der Waals surface area contributed by atoms with Gasteiger partial charge in [0.05, 0.1) is 6.54 Å². The Morgan fingerprint density at radius 3 is 2.60 bits per heavy atom. The molecule has 1 rings (SSSR count). The molecule has 1 saturated heterocycles. The Morgan fingerprint density at radius 1 is 1.50 bits per heavy atom. The normalized spacial score (nSPS) is 20.9. The fraction of sp³-hybridized carbons (Fsp3) is 0.750. The van der Waals surface area contributed by atoms with Crippen molar-refractivity contribution in [2.75, 3.05) is 32.7 Å². The standard InChI is InChI=1S/C8H16N2/c1-8(2)7-10-5-3-9-4-6-10/h9H,1,3-7H2,2H3/p+2. The molecular weight excluding hydrogens is 124 g/mol. The van der Waals surface area contributed by atoms with Gasteiger partial charge in [0.2, 0.25) is 0 Å². The molecule has 1 aliphatic heterocycles. The van der Waals surface area contributed by atoms with Crippen LogP contribution >= 0.6 is 0 Å². The zero-order valence-electron chi connectivity index (χ0n) is 6.82. The minimum atomic E-state index is 1.17. The Morgan fingerprint density at radius 2 is 2.10 bits per heavy atom. The molecule has 2 heteroatoms. The van der Waals surface area contributed by atoms with Gasteiger partial charge in [-0.3, -0.25) is 0 Å². The van der Waals surface area contributed by atoms with Crippen molar-refractivity contribution in [1.82, 2.24) is 0 Å². The Bertz CT molecular complexity index is 114. The van der Waals surface area contributed by atoms with E-state index in [4.69, 9.17) is 0 Å². The van der Waals surface area contributed by atoms with E-state index in [9.17, 15) is 0 Å². The van der Waals surface area contributed by atoms with Crippen LogP contribution in [0.25, 0.3) is 0 Å². The van der Waals surface area contributed by atoms with E-state index in [-0.39, 0.29) is 0 Å². The summed E-state index contributed by atoms with van der Waals surface area (Å²) in [6.45, 7) is 12.4. The van der Waals surface area contributed by atoms with Gasteiger partial charge >= 0.3 is 0 Å². The first-order valence-electron chi connectivity index (χ1n) is 4.08. The summed E-state index contributed by atoms with van der Waals surface area (Å²) in [4.78, 5) is 1.70. The van der Waals surface area contributed by atoms with Gasteiger partial charge in [0.15, 0.2) is 0 Å². The lowest BCUT2D eigenvalue weighted by molar-refractivity contribution is -0.943. The molecule has 0 aromatic rings. The molecule has 1 aliphatic rings. The van der Waals surface area contributed by atoms with Crippen LogP contribution in [0.5, 0.6) is 0 Å². The Hall–Kier alpha value is -0.340. The van der Waals surface area contributed by atoms with E-state index in [1.54, 1.807) is 4.90 Å². The molecule has 1 heterocycles. The average Bonchev–Trinajstić information content (AvgIpc) is 1.88. The van der Waals surface area contributed by atoms with Crippen molar-refractivity contribution in [2.45, 2.75) is 6.92 Å². The highest BCUT2D eigenvalue weighted by molar-refractivity contribution is 4.86. The van der Waals surface area contributed by atoms with Gasteiger partial charge in [-0.05, 0) is 12.5 Å². The van der Waals surface area contributed by atoms with Crippen molar-refractivity contribution in [3.05, 3.63) is 12.2 Å².